The first-order chi connectivity index (χ1) is 7.66. The van der Waals surface area contributed by atoms with Gasteiger partial charge in [0.25, 0.3) is 0 Å². The highest BCUT2D eigenvalue weighted by Gasteiger charge is 2.32. The molecule has 0 radical (unpaired) electrons. The van der Waals surface area contributed by atoms with Crippen molar-refractivity contribution >= 4 is 8.32 Å². The summed E-state index contributed by atoms with van der Waals surface area (Å²) in [4.78, 5) is 0. The monoisotopic (exact) mass is 276 g/mol. The van der Waals surface area contributed by atoms with Crippen LogP contribution in [0, 0.1) is 0 Å². The van der Waals surface area contributed by atoms with Crippen molar-refractivity contribution in [1.29, 1.82) is 0 Å². The van der Waals surface area contributed by atoms with Gasteiger partial charge in [0.05, 0.1) is 6.42 Å². The first kappa shape index (κ1) is 16.9. The van der Waals surface area contributed by atoms with E-state index in [2.05, 4.69) is 4.74 Å². The molecular formula is C10H20F4O2Si. The Labute approximate surface area is 100 Å². The van der Waals surface area contributed by atoms with E-state index in [9.17, 15) is 17.6 Å². The van der Waals surface area contributed by atoms with E-state index < -0.39 is 27.3 Å². The Balaban J connectivity index is 3.64. The van der Waals surface area contributed by atoms with E-state index in [1.807, 2.05) is 20.0 Å². The fourth-order valence-corrected chi connectivity index (χ4v) is 3.33. The Hall–Kier alpha value is -0.143. The standard InChI is InChI=1S/C10H20F4O2Si/c1-4-16-17(2,3)7-5-6-15-9(11)8-10(12,13)14/h9H,4-8H2,1-3H3. The van der Waals surface area contributed by atoms with Gasteiger partial charge in [-0.05, 0) is 32.5 Å². The van der Waals surface area contributed by atoms with Crippen LogP contribution in [0.5, 0.6) is 0 Å². The maximum atomic E-state index is 12.7. The van der Waals surface area contributed by atoms with Crippen LogP contribution in [0.2, 0.25) is 19.1 Å². The number of hydrogen-bond acceptors (Lipinski definition) is 2. The molecule has 2 nitrogen and oxygen atoms in total. The lowest BCUT2D eigenvalue weighted by Gasteiger charge is -2.21. The molecule has 0 saturated heterocycles. The summed E-state index contributed by atoms with van der Waals surface area (Å²) in [6.45, 7) is 6.55. The third-order valence-corrected chi connectivity index (χ3v) is 4.78. The van der Waals surface area contributed by atoms with Gasteiger partial charge in [-0.2, -0.15) is 13.2 Å². The largest absolute Gasteiger partial charge is 0.418 e. The van der Waals surface area contributed by atoms with Crippen molar-refractivity contribution in [2.45, 2.75) is 51.4 Å². The lowest BCUT2D eigenvalue weighted by molar-refractivity contribution is -0.183. The van der Waals surface area contributed by atoms with E-state index in [-0.39, 0.29) is 6.61 Å². The molecule has 0 aliphatic rings. The van der Waals surface area contributed by atoms with Gasteiger partial charge < -0.3 is 9.16 Å². The Morgan fingerprint density at radius 1 is 1.24 bits per heavy atom. The maximum absolute atomic E-state index is 12.7. The number of hydrogen-bond donors (Lipinski definition) is 0. The average molecular weight is 276 g/mol. The molecule has 0 aromatic rings. The summed E-state index contributed by atoms with van der Waals surface area (Å²) in [7, 11) is -1.75. The third kappa shape index (κ3) is 10.7. The molecule has 0 spiro atoms. The van der Waals surface area contributed by atoms with E-state index >= 15 is 0 Å². The first-order valence-electron chi connectivity index (χ1n) is 5.62. The highest BCUT2D eigenvalue weighted by Crippen LogP contribution is 2.23. The minimum atomic E-state index is -4.52. The highest BCUT2D eigenvalue weighted by atomic mass is 28.4. The first-order valence-corrected chi connectivity index (χ1v) is 8.74. The number of halogens is 4. The molecule has 0 aliphatic carbocycles. The van der Waals surface area contributed by atoms with Gasteiger partial charge in [0.15, 0.2) is 8.32 Å². The highest BCUT2D eigenvalue weighted by molar-refractivity contribution is 6.71. The van der Waals surface area contributed by atoms with Gasteiger partial charge in [0, 0.05) is 13.2 Å². The van der Waals surface area contributed by atoms with Crippen molar-refractivity contribution < 1.29 is 26.7 Å². The lowest BCUT2D eigenvalue weighted by Crippen LogP contribution is -2.30. The van der Waals surface area contributed by atoms with Gasteiger partial charge in [-0.25, -0.2) is 4.39 Å². The van der Waals surface area contributed by atoms with E-state index in [0.29, 0.717) is 13.0 Å². The van der Waals surface area contributed by atoms with Crippen LogP contribution in [0.1, 0.15) is 19.8 Å². The number of ether oxygens (including phenoxy) is 1. The van der Waals surface area contributed by atoms with Crippen molar-refractivity contribution in [1.82, 2.24) is 0 Å². The molecule has 0 aliphatic heterocycles. The van der Waals surface area contributed by atoms with E-state index in [4.69, 9.17) is 4.43 Å². The summed E-state index contributed by atoms with van der Waals surface area (Å²) in [5.41, 5.74) is 0. The van der Waals surface area contributed by atoms with Gasteiger partial charge in [-0.15, -0.1) is 0 Å². The van der Waals surface area contributed by atoms with Crippen LogP contribution >= 0.6 is 0 Å². The van der Waals surface area contributed by atoms with Gasteiger partial charge in [0.1, 0.15) is 0 Å². The fourth-order valence-electron chi connectivity index (χ4n) is 1.41. The molecule has 0 bridgehead atoms. The maximum Gasteiger partial charge on any atom is 0.394 e. The van der Waals surface area contributed by atoms with E-state index in [0.717, 1.165) is 6.04 Å². The molecule has 0 fully saturated rings. The topological polar surface area (TPSA) is 18.5 Å². The minimum Gasteiger partial charge on any atom is -0.418 e. The molecule has 0 N–H and O–H groups in total. The molecule has 104 valence electrons. The van der Waals surface area contributed by atoms with Crippen LogP contribution in [0.4, 0.5) is 17.6 Å². The fraction of sp³-hybridized carbons (Fsp3) is 1.00. The van der Waals surface area contributed by atoms with Crippen LogP contribution in [0.3, 0.4) is 0 Å². The molecule has 0 amide bonds. The summed E-state index contributed by atoms with van der Waals surface area (Å²) < 4.78 is 58.0. The molecule has 0 aromatic heterocycles. The minimum absolute atomic E-state index is 0.000745. The zero-order chi connectivity index (χ0) is 13.5. The second-order valence-corrected chi connectivity index (χ2v) is 8.70. The molecule has 1 unspecified atom stereocenters. The summed E-state index contributed by atoms with van der Waals surface area (Å²) in [5, 5.41) is 0. The molecule has 0 rings (SSSR count). The van der Waals surface area contributed by atoms with Crippen LogP contribution in [0.25, 0.3) is 0 Å². The normalized spacial score (nSPS) is 15.0. The average Bonchev–Trinajstić information content (AvgIpc) is 2.09. The smallest absolute Gasteiger partial charge is 0.394 e. The zero-order valence-corrected chi connectivity index (χ0v) is 11.4. The van der Waals surface area contributed by atoms with Crippen LogP contribution in [0.15, 0.2) is 0 Å². The van der Waals surface area contributed by atoms with Crippen LogP contribution in [-0.2, 0) is 9.16 Å². The van der Waals surface area contributed by atoms with Gasteiger partial charge in [-0.1, -0.05) is 0 Å². The van der Waals surface area contributed by atoms with Crippen LogP contribution in [-0.4, -0.2) is 34.1 Å². The van der Waals surface area contributed by atoms with Crippen LogP contribution < -0.4 is 0 Å². The van der Waals surface area contributed by atoms with Gasteiger partial charge in [-0.3, -0.25) is 0 Å². The van der Waals surface area contributed by atoms with Crippen molar-refractivity contribution in [3.63, 3.8) is 0 Å². The Morgan fingerprint density at radius 2 is 1.82 bits per heavy atom. The third-order valence-electron chi connectivity index (χ3n) is 2.15. The van der Waals surface area contributed by atoms with Crippen molar-refractivity contribution in [3.05, 3.63) is 0 Å². The predicted molar refractivity (Wildman–Crippen MR) is 60.1 cm³/mol. The summed E-state index contributed by atoms with van der Waals surface area (Å²) in [6, 6.07) is 0.750. The quantitative estimate of drug-likeness (QED) is 0.380. The van der Waals surface area contributed by atoms with Crippen molar-refractivity contribution in [3.8, 4) is 0 Å². The summed E-state index contributed by atoms with van der Waals surface area (Å²) >= 11 is 0. The predicted octanol–water partition coefficient (Wildman–Crippen LogP) is 3.88. The Bertz CT molecular complexity index is 209. The molecule has 17 heavy (non-hydrogen) atoms. The molecule has 0 saturated carbocycles. The molecule has 1 atom stereocenters. The Kier molecular flexibility index (Phi) is 7.26. The summed E-state index contributed by atoms with van der Waals surface area (Å²) in [5.74, 6) is 0. The van der Waals surface area contributed by atoms with Gasteiger partial charge in [0.2, 0.25) is 6.36 Å². The summed E-state index contributed by atoms with van der Waals surface area (Å²) in [6.07, 6.45) is -7.79. The SMILES string of the molecule is CCO[Si](C)(C)CCCOC(F)CC(F)(F)F. The lowest BCUT2D eigenvalue weighted by atomic mass is 10.4. The second-order valence-electron chi connectivity index (χ2n) is 4.40. The van der Waals surface area contributed by atoms with Crippen molar-refractivity contribution in [2.75, 3.05) is 13.2 Å². The van der Waals surface area contributed by atoms with E-state index in [1.54, 1.807) is 0 Å². The molecular weight excluding hydrogens is 256 g/mol. The van der Waals surface area contributed by atoms with E-state index in [1.165, 1.54) is 0 Å². The Morgan fingerprint density at radius 3 is 2.29 bits per heavy atom. The number of alkyl halides is 4. The number of rotatable bonds is 8. The van der Waals surface area contributed by atoms with Gasteiger partial charge >= 0.3 is 6.18 Å². The molecule has 0 aromatic carbocycles. The molecule has 7 heteroatoms. The second kappa shape index (κ2) is 7.33. The molecule has 0 heterocycles. The zero-order valence-electron chi connectivity index (χ0n) is 10.4. The van der Waals surface area contributed by atoms with Crippen molar-refractivity contribution in [2.24, 2.45) is 0 Å².